The number of hydrogen-bond donors (Lipinski definition) is 1. The molecule has 1 aliphatic carbocycles. The van der Waals surface area contributed by atoms with Crippen molar-refractivity contribution in [3.8, 4) is 5.88 Å². The zero-order chi connectivity index (χ0) is 16.4. The van der Waals surface area contributed by atoms with E-state index < -0.39 is 0 Å². The molecule has 2 aromatic rings. The van der Waals surface area contributed by atoms with Gasteiger partial charge in [-0.25, -0.2) is 4.98 Å². The third-order valence-electron chi connectivity index (χ3n) is 4.36. The van der Waals surface area contributed by atoms with Crippen molar-refractivity contribution < 1.29 is 18.8 Å². The van der Waals surface area contributed by atoms with Crippen molar-refractivity contribution in [1.82, 2.24) is 10.1 Å². The fourth-order valence-corrected chi connectivity index (χ4v) is 3.03. The fraction of sp³-hybridized carbons (Fsp3) is 0.471. The Morgan fingerprint density at radius 3 is 3.00 bits per heavy atom. The Kier molecular flexibility index (Phi) is 4.17. The maximum Gasteiger partial charge on any atom is 0.259 e. The van der Waals surface area contributed by atoms with Crippen LogP contribution >= 0.6 is 0 Å². The highest BCUT2D eigenvalue weighted by Crippen LogP contribution is 2.27. The molecule has 7 nitrogen and oxygen atoms in total. The van der Waals surface area contributed by atoms with E-state index in [0.29, 0.717) is 30.5 Å². The van der Waals surface area contributed by atoms with E-state index in [-0.39, 0.29) is 12.0 Å². The highest BCUT2D eigenvalue weighted by molar-refractivity contribution is 6.03. The number of nitrogens with zero attached hydrogens (tertiary/aromatic N) is 2. The third kappa shape index (κ3) is 3.12. The summed E-state index contributed by atoms with van der Waals surface area (Å²) in [6.07, 6.45) is 6.41. The van der Waals surface area contributed by atoms with Gasteiger partial charge in [0.25, 0.3) is 5.91 Å². The summed E-state index contributed by atoms with van der Waals surface area (Å²) in [4.78, 5) is 16.5. The van der Waals surface area contributed by atoms with E-state index in [1.165, 1.54) is 6.20 Å². The Bertz CT molecular complexity index is 720. The first-order valence-electron chi connectivity index (χ1n) is 8.29. The van der Waals surface area contributed by atoms with Crippen molar-refractivity contribution in [3.63, 3.8) is 0 Å². The second kappa shape index (κ2) is 6.60. The first kappa shape index (κ1) is 15.1. The predicted octanol–water partition coefficient (Wildman–Crippen LogP) is 2.37. The van der Waals surface area contributed by atoms with Crippen molar-refractivity contribution in [2.75, 3.05) is 18.5 Å². The summed E-state index contributed by atoms with van der Waals surface area (Å²) in [7, 11) is 0. The molecule has 126 valence electrons. The highest BCUT2D eigenvalue weighted by atomic mass is 16.5. The van der Waals surface area contributed by atoms with Crippen LogP contribution in [0, 0.1) is 0 Å². The molecule has 0 bridgehead atoms. The second-order valence-electron chi connectivity index (χ2n) is 6.09. The molecule has 1 saturated heterocycles. The molecule has 2 aromatic heterocycles. The van der Waals surface area contributed by atoms with Gasteiger partial charge in [-0.2, -0.15) is 0 Å². The van der Waals surface area contributed by atoms with E-state index >= 15 is 0 Å². The summed E-state index contributed by atoms with van der Waals surface area (Å²) in [5.74, 6) is 0.694. The Labute approximate surface area is 139 Å². The van der Waals surface area contributed by atoms with Crippen molar-refractivity contribution >= 4 is 11.8 Å². The maximum absolute atomic E-state index is 12.4. The van der Waals surface area contributed by atoms with Crippen molar-refractivity contribution in [3.05, 3.63) is 35.2 Å². The average Bonchev–Trinajstić information content (AvgIpc) is 3.26. The number of rotatable bonds is 4. The average molecular weight is 329 g/mol. The lowest BCUT2D eigenvalue weighted by molar-refractivity contribution is 0.102. The normalized spacial score (nSPS) is 19.8. The summed E-state index contributed by atoms with van der Waals surface area (Å²) in [6.45, 7) is 1.30. The van der Waals surface area contributed by atoms with Crippen LogP contribution in [0.25, 0.3) is 0 Å². The molecule has 7 heteroatoms. The lowest BCUT2D eigenvalue weighted by Gasteiger charge is -2.11. The Morgan fingerprint density at radius 1 is 1.29 bits per heavy atom. The zero-order valence-corrected chi connectivity index (χ0v) is 13.3. The van der Waals surface area contributed by atoms with Crippen molar-refractivity contribution in [2.24, 2.45) is 0 Å². The molecule has 1 atom stereocenters. The van der Waals surface area contributed by atoms with E-state index in [1.807, 2.05) is 0 Å². The fourth-order valence-electron chi connectivity index (χ4n) is 3.03. The number of hydrogen-bond acceptors (Lipinski definition) is 6. The van der Waals surface area contributed by atoms with Crippen LogP contribution in [-0.2, 0) is 17.6 Å². The van der Waals surface area contributed by atoms with E-state index in [1.54, 1.807) is 12.1 Å². The Hall–Kier alpha value is -2.41. The van der Waals surface area contributed by atoms with Crippen molar-refractivity contribution in [1.29, 1.82) is 0 Å². The smallest absolute Gasteiger partial charge is 0.259 e. The van der Waals surface area contributed by atoms with Crippen LogP contribution in [0.4, 0.5) is 5.88 Å². The van der Waals surface area contributed by atoms with Crippen LogP contribution in [0.3, 0.4) is 0 Å². The lowest BCUT2D eigenvalue weighted by atomic mass is 9.98. The number of amides is 1. The summed E-state index contributed by atoms with van der Waals surface area (Å²) in [6, 6.07) is 3.39. The third-order valence-corrected chi connectivity index (χ3v) is 4.36. The van der Waals surface area contributed by atoms with E-state index in [4.69, 9.17) is 14.0 Å². The molecule has 3 heterocycles. The maximum atomic E-state index is 12.4. The Balaban J connectivity index is 1.41. The van der Waals surface area contributed by atoms with Gasteiger partial charge in [0.05, 0.1) is 24.5 Å². The van der Waals surface area contributed by atoms with Crippen LogP contribution in [0.15, 0.2) is 22.9 Å². The molecule has 0 radical (unpaired) electrons. The lowest BCUT2D eigenvalue weighted by Crippen LogP contribution is -2.17. The van der Waals surface area contributed by atoms with Gasteiger partial charge < -0.3 is 14.0 Å². The van der Waals surface area contributed by atoms with Crippen molar-refractivity contribution in [2.45, 2.75) is 38.2 Å². The minimum atomic E-state index is -0.261. The number of carbonyl (C=O) groups excluding carboxylic acids is 1. The van der Waals surface area contributed by atoms with Gasteiger partial charge in [-0.1, -0.05) is 5.16 Å². The van der Waals surface area contributed by atoms with Gasteiger partial charge in [0, 0.05) is 24.2 Å². The van der Waals surface area contributed by atoms with Gasteiger partial charge in [-0.05, 0) is 31.7 Å². The molecule has 1 fully saturated rings. The van der Waals surface area contributed by atoms with Gasteiger partial charge in [-0.15, -0.1) is 0 Å². The molecule has 4 rings (SSSR count). The molecular formula is C17H19N3O4. The number of pyridine rings is 1. The molecule has 1 amide bonds. The van der Waals surface area contributed by atoms with Crippen LogP contribution in [-0.4, -0.2) is 35.4 Å². The number of nitrogens with one attached hydrogen (secondary N) is 1. The molecule has 1 unspecified atom stereocenters. The highest BCUT2D eigenvalue weighted by Gasteiger charge is 2.22. The SMILES string of the molecule is O=C(Nc1onc2c1CCCC2)c1ccc(OC2CCOC2)nc1. The summed E-state index contributed by atoms with van der Waals surface area (Å²) in [5, 5.41) is 6.83. The quantitative estimate of drug-likeness (QED) is 0.927. The number of aromatic nitrogens is 2. The number of aryl methyl sites for hydroxylation is 1. The number of carbonyl (C=O) groups is 1. The zero-order valence-electron chi connectivity index (χ0n) is 13.3. The molecule has 0 aromatic carbocycles. The number of anilines is 1. The molecule has 0 saturated carbocycles. The summed E-state index contributed by atoms with van der Waals surface area (Å²) >= 11 is 0. The van der Waals surface area contributed by atoms with Crippen LogP contribution in [0.2, 0.25) is 0 Å². The van der Waals surface area contributed by atoms with Gasteiger partial charge in [0.1, 0.15) is 6.10 Å². The molecule has 0 spiro atoms. The summed E-state index contributed by atoms with van der Waals surface area (Å²) < 4.78 is 16.2. The van der Waals surface area contributed by atoms with Gasteiger partial charge in [0.2, 0.25) is 11.8 Å². The topological polar surface area (TPSA) is 86.5 Å². The van der Waals surface area contributed by atoms with Gasteiger partial charge >= 0.3 is 0 Å². The minimum Gasteiger partial charge on any atom is -0.472 e. The standard InChI is InChI=1S/C17H19N3O4/c21-16(19-17-13-3-1-2-4-14(13)20-24-17)11-5-6-15(18-9-11)23-12-7-8-22-10-12/h5-6,9,12H,1-4,7-8,10H2,(H,19,21). The number of ether oxygens (including phenoxy) is 2. The number of fused-ring (bicyclic) bond motifs is 1. The molecule has 1 aliphatic heterocycles. The van der Waals surface area contributed by atoms with E-state index in [0.717, 1.165) is 43.4 Å². The monoisotopic (exact) mass is 329 g/mol. The second-order valence-corrected chi connectivity index (χ2v) is 6.09. The van der Waals surface area contributed by atoms with E-state index in [2.05, 4.69) is 15.5 Å². The predicted molar refractivity (Wildman–Crippen MR) is 85.2 cm³/mol. The van der Waals surface area contributed by atoms with Gasteiger partial charge in [0.15, 0.2) is 0 Å². The first-order chi connectivity index (χ1) is 11.8. The largest absolute Gasteiger partial charge is 0.472 e. The molecule has 1 N–H and O–H groups in total. The molecule has 24 heavy (non-hydrogen) atoms. The first-order valence-corrected chi connectivity index (χ1v) is 8.29. The molecule has 2 aliphatic rings. The van der Waals surface area contributed by atoms with Gasteiger partial charge in [-0.3, -0.25) is 10.1 Å². The summed E-state index contributed by atoms with van der Waals surface area (Å²) in [5.41, 5.74) is 2.42. The van der Waals surface area contributed by atoms with Crippen LogP contribution in [0.1, 0.15) is 40.9 Å². The van der Waals surface area contributed by atoms with Crippen LogP contribution in [0.5, 0.6) is 5.88 Å². The Morgan fingerprint density at radius 2 is 2.21 bits per heavy atom. The van der Waals surface area contributed by atoms with Crippen LogP contribution < -0.4 is 10.1 Å². The van der Waals surface area contributed by atoms with E-state index in [9.17, 15) is 4.79 Å². The molecular weight excluding hydrogens is 310 g/mol. The minimum absolute atomic E-state index is 0.0397.